The molecule has 0 aliphatic rings. The number of hydrogen-bond acceptors (Lipinski definition) is 4. The number of aromatic nitrogens is 2. The summed E-state index contributed by atoms with van der Waals surface area (Å²) in [5.74, 6) is -0.332. The van der Waals surface area contributed by atoms with Crippen LogP contribution in [-0.2, 0) is 7.05 Å². The van der Waals surface area contributed by atoms with Gasteiger partial charge in [0.15, 0.2) is 4.80 Å². The lowest BCUT2D eigenvalue weighted by Gasteiger charge is -1.94. The van der Waals surface area contributed by atoms with E-state index in [2.05, 4.69) is 10.1 Å². The number of amides is 1. The summed E-state index contributed by atoms with van der Waals surface area (Å²) in [6, 6.07) is 7.03. The zero-order valence-electron chi connectivity index (χ0n) is 9.83. The van der Waals surface area contributed by atoms with E-state index in [1.165, 1.54) is 23.6 Å². The Labute approximate surface area is 116 Å². The summed E-state index contributed by atoms with van der Waals surface area (Å²) in [6.07, 6.45) is 1.41. The van der Waals surface area contributed by atoms with Crippen LogP contribution in [0.4, 0.5) is 0 Å². The van der Waals surface area contributed by atoms with Crippen molar-refractivity contribution in [3.63, 3.8) is 0 Å². The van der Waals surface area contributed by atoms with Gasteiger partial charge in [0, 0.05) is 18.1 Å². The highest BCUT2D eigenvalue weighted by Crippen LogP contribution is 2.21. The van der Waals surface area contributed by atoms with Gasteiger partial charge in [0.25, 0.3) is 0 Å². The summed E-state index contributed by atoms with van der Waals surface area (Å²) in [4.78, 5) is 16.5. The minimum Gasteiger partial charge on any atom is -0.351 e. The molecule has 2 aromatic heterocycles. The standard InChI is InChI=1S/C12H8ClN3O2S/c1-16-8-3-2-7(13)6-10(8)19-12(16)15-11(17)9-4-5-14-18-9/h2-6H,1H3. The molecule has 96 valence electrons. The van der Waals surface area contributed by atoms with Crippen molar-refractivity contribution >= 4 is 39.1 Å². The average molecular weight is 294 g/mol. The van der Waals surface area contributed by atoms with Gasteiger partial charge in [0.05, 0.1) is 16.4 Å². The second kappa shape index (κ2) is 4.64. The van der Waals surface area contributed by atoms with E-state index in [4.69, 9.17) is 16.1 Å². The Bertz CT molecular complexity index is 817. The highest BCUT2D eigenvalue weighted by atomic mass is 35.5. The van der Waals surface area contributed by atoms with E-state index in [9.17, 15) is 4.79 Å². The second-order valence-electron chi connectivity index (χ2n) is 3.85. The molecule has 1 aromatic carbocycles. The van der Waals surface area contributed by atoms with E-state index >= 15 is 0 Å². The van der Waals surface area contributed by atoms with Crippen LogP contribution in [-0.4, -0.2) is 15.6 Å². The van der Waals surface area contributed by atoms with E-state index in [0.717, 1.165) is 10.2 Å². The molecule has 1 amide bonds. The number of thiazole rings is 1. The van der Waals surface area contributed by atoms with E-state index in [1.54, 1.807) is 6.07 Å². The largest absolute Gasteiger partial charge is 0.351 e. The molecule has 2 heterocycles. The van der Waals surface area contributed by atoms with E-state index in [-0.39, 0.29) is 5.76 Å². The number of nitrogens with zero attached hydrogens (tertiary/aromatic N) is 3. The molecule has 0 unspecified atom stereocenters. The molecule has 7 heteroatoms. The minimum atomic E-state index is -0.453. The average Bonchev–Trinajstić information content (AvgIpc) is 2.99. The molecule has 0 saturated carbocycles. The van der Waals surface area contributed by atoms with Gasteiger partial charge in [-0.05, 0) is 18.2 Å². The third-order valence-corrected chi connectivity index (χ3v) is 3.95. The van der Waals surface area contributed by atoms with Crippen molar-refractivity contribution in [3.05, 3.63) is 46.0 Å². The maximum Gasteiger partial charge on any atom is 0.318 e. The number of fused-ring (bicyclic) bond motifs is 1. The highest BCUT2D eigenvalue weighted by Gasteiger charge is 2.10. The quantitative estimate of drug-likeness (QED) is 0.693. The molecule has 5 nitrogen and oxygen atoms in total. The summed E-state index contributed by atoms with van der Waals surface area (Å²) < 4.78 is 7.59. The van der Waals surface area contributed by atoms with Crippen molar-refractivity contribution in [1.82, 2.24) is 9.72 Å². The summed E-state index contributed by atoms with van der Waals surface area (Å²) >= 11 is 7.34. The summed E-state index contributed by atoms with van der Waals surface area (Å²) in [5, 5.41) is 4.14. The SMILES string of the molecule is Cn1c(=NC(=O)c2ccno2)sc2cc(Cl)ccc21. The Morgan fingerprint density at radius 3 is 3.05 bits per heavy atom. The van der Waals surface area contributed by atoms with Crippen LogP contribution in [0.15, 0.2) is 40.0 Å². The van der Waals surface area contributed by atoms with E-state index in [1.807, 2.05) is 23.7 Å². The molecular formula is C12H8ClN3O2S. The molecular weight excluding hydrogens is 286 g/mol. The van der Waals surface area contributed by atoms with Crippen molar-refractivity contribution in [2.24, 2.45) is 12.0 Å². The number of halogens is 1. The van der Waals surface area contributed by atoms with Crippen molar-refractivity contribution in [3.8, 4) is 0 Å². The van der Waals surface area contributed by atoms with Crippen LogP contribution in [0.1, 0.15) is 10.6 Å². The fraction of sp³-hybridized carbons (Fsp3) is 0.0833. The van der Waals surface area contributed by atoms with Crippen LogP contribution in [0.5, 0.6) is 0 Å². The first-order chi connectivity index (χ1) is 9.15. The predicted molar refractivity (Wildman–Crippen MR) is 72.2 cm³/mol. The number of hydrogen-bond donors (Lipinski definition) is 0. The zero-order valence-corrected chi connectivity index (χ0v) is 11.4. The Kier molecular flexibility index (Phi) is 2.96. The van der Waals surface area contributed by atoms with Crippen molar-refractivity contribution < 1.29 is 9.32 Å². The Balaban J connectivity index is 2.15. The summed E-state index contributed by atoms with van der Waals surface area (Å²) in [7, 11) is 1.85. The first kappa shape index (κ1) is 12.1. The van der Waals surface area contributed by atoms with Crippen LogP contribution >= 0.6 is 22.9 Å². The number of rotatable bonds is 1. The molecule has 0 atom stereocenters. The maximum absolute atomic E-state index is 11.8. The molecule has 0 fully saturated rings. The predicted octanol–water partition coefficient (Wildman–Crippen LogP) is 2.62. The van der Waals surface area contributed by atoms with Gasteiger partial charge in [-0.1, -0.05) is 28.1 Å². The molecule has 0 radical (unpaired) electrons. The van der Waals surface area contributed by atoms with Crippen molar-refractivity contribution in [2.75, 3.05) is 0 Å². The first-order valence-electron chi connectivity index (χ1n) is 5.40. The highest BCUT2D eigenvalue weighted by molar-refractivity contribution is 7.16. The number of carbonyl (C=O) groups is 1. The van der Waals surface area contributed by atoms with E-state index in [0.29, 0.717) is 9.82 Å². The Morgan fingerprint density at radius 2 is 2.32 bits per heavy atom. The second-order valence-corrected chi connectivity index (χ2v) is 5.29. The van der Waals surface area contributed by atoms with Gasteiger partial charge in [-0.25, -0.2) is 0 Å². The summed E-state index contributed by atoms with van der Waals surface area (Å²) in [6.45, 7) is 0. The Hall–Kier alpha value is -1.92. The topological polar surface area (TPSA) is 60.4 Å². The van der Waals surface area contributed by atoms with Gasteiger partial charge in [-0.15, -0.1) is 0 Å². The third-order valence-electron chi connectivity index (χ3n) is 2.62. The maximum atomic E-state index is 11.8. The normalized spacial score (nSPS) is 12.2. The molecule has 3 rings (SSSR count). The van der Waals surface area contributed by atoms with Crippen LogP contribution in [0.3, 0.4) is 0 Å². The molecule has 0 N–H and O–H groups in total. The minimum absolute atomic E-state index is 0.121. The molecule has 3 aromatic rings. The fourth-order valence-corrected chi connectivity index (χ4v) is 2.98. The van der Waals surface area contributed by atoms with Gasteiger partial charge < -0.3 is 9.09 Å². The van der Waals surface area contributed by atoms with Crippen LogP contribution in [0.25, 0.3) is 10.2 Å². The van der Waals surface area contributed by atoms with Gasteiger partial charge in [-0.3, -0.25) is 4.79 Å². The lowest BCUT2D eigenvalue weighted by molar-refractivity contribution is 0.0962. The molecule has 0 aliphatic heterocycles. The van der Waals surface area contributed by atoms with Crippen molar-refractivity contribution in [2.45, 2.75) is 0 Å². The molecule has 0 aliphatic carbocycles. The lowest BCUT2D eigenvalue weighted by Crippen LogP contribution is -2.12. The molecule has 0 saturated heterocycles. The zero-order chi connectivity index (χ0) is 13.4. The van der Waals surface area contributed by atoms with E-state index < -0.39 is 5.91 Å². The van der Waals surface area contributed by atoms with Gasteiger partial charge >= 0.3 is 5.91 Å². The first-order valence-corrected chi connectivity index (χ1v) is 6.59. The number of carbonyl (C=O) groups excluding carboxylic acids is 1. The van der Waals surface area contributed by atoms with Crippen LogP contribution in [0.2, 0.25) is 5.02 Å². The molecule has 0 bridgehead atoms. The number of aryl methyl sites for hydroxylation is 1. The van der Waals surface area contributed by atoms with Gasteiger partial charge in [-0.2, -0.15) is 4.99 Å². The van der Waals surface area contributed by atoms with Crippen molar-refractivity contribution in [1.29, 1.82) is 0 Å². The van der Waals surface area contributed by atoms with Crippen LogP contribution < -0.4 is 4.80 Å². The monoisotopic (exact) mass is 293 g/mol. The smallest absolute Gasteiger partial charge is 0.318 e. The summed E-state index contributed by atoms with van der Waals surface area (Å²) in [5.41, 5.74) is 0.971. The van der Waals surface area contributed by atoms with Gasteiger partial charge in [0.1, 0.15) is 0 Å². The van der Waals surface area contributed by atoms with Crippen LogP contribution in [0, 0.1) is 0 Å². The van der Waals surface area contributed by atoms with Gasteiger partial charge in [0.2, 0.25) is 5.76 Å². The Morgan fingerprint density at radius 1 is 1.47 bits per heavy atom. The third kappa shape index (κ3) is 2.20. The molecule has 0 spiro atoms. The lowest BCUT2D eigenvalue weighted by atomic mass is 10.3. The fourth-order valence-electron chi connectivity index (χ4n) is 1.68. The molecule has 19 heavy (non-hydrogen) atoms. The number of benzene rings is 1.